The number of nitrogens with zero attached hydrogens (tertiary/aromatic N) is 3. The molecule has 5 heterocycles. The zero-order chi connectivity index (χ0) is 37.2. The molecule has 4 aliphatic heterocycles. The molecule has 4 aliphatic rings. The normalized spacial score (nSPS) is 16.0. The lowest BCUT2D eigenvalue weighted by atomic mass is 9.43. The maximum absolute atomic E-state index is 2.71. The van der Waals surface area contributed by atoms with Crippen molar-refractivity contribution < 1.29 is 0 Å². The molecular weight excluding hydrogens is 677 g/mol. The van der Waals surface area contributed by atoms with Crippen LogP contribution < -0.4 is 20.6 Å². The van der Waals surface area contributed by atoms with Crippen molar-refractivity contribution in [3.8, 4) is 16.8 Å². The maximum Gasteiger partial charge on any atom is 0.333 e. The van der Waals surface area contributed by atoms with Crippen LogP contribution in [0.1, 0.15) is 49.9 Å². The monoisotopic (exact) mass is 715 g/mol. The van der Waals surface area contributed by atoms with Crippen LogP contribution in [-0.2, 0) is 10.8 Å². The summed E-state index contributed by atoms with van der Waals surface area (Å²) >= 11 is 0. The predicted molar refractivity (Wildman–Crippen MR) is 236 cm³/mol. The lowest BCUT2D eigenvalue weighted by Gasteiger charge is -2.45. The van der Waals surface area contributed by atoms with Gasteiger partial charge in [-0.05, 0) is 92.0 Å². The Hall–Kier alpha value is -6.52. The largest absolute Gasteiger partial charge is 0.376 e. The average Bonchev–Trinajstić information content (AvgIpc) is 3.57. The van der Waals surface area contributed by atoms with Gasteiger partial charge in [-0.25, -0.2) is 0 Å². The fourth-order valence-corrected chi connectivity index (χ4v) is 11.5. The summed E-state index contributed by atoms with van der Waals surface area (Å²) in [5.74, 6) is 0. The Morgan fingerprint density at radius 3 is 1.89 bits per heavy atom. The smallest absolute Gasteiger partial charge is 0.333 e. The van der Waals surface area contributed by atoms with Crippen molar-refractivity contribution in [2.24, 2.45) is 0 Å². The molecule has 0 spiro atoms. The van der Waals surface area contributed by atoms with Gasteiger partial charge in [0, 0.05) is 44.2 Å². The first-order chi connectivity index (χ1) is 27.4. The molecule has 0 saturated heterocycles. The van der Waals surface area contributed by atoms with Crippen molar-refractivity contribution in [3.05, 3.63) is 180 Å². The van der Waals surface area contributed by atoms with Crippen LogP contribution in [0.25, 0.3) is 49.4 Å². The van der Waals surface area contributed by atoms with E-state index in [1.54, 1.807) is 0 Å². The molecule has 3 nitrogen and oxygen atoms in total. The first-order valence-corrected chi connectivity index (χ1v) is 20.0. The number of para-hydroxylation sites is 5. The van der Waals surface area contributed by atoms with Gasteiger partial charge < -0.3 is 14.3 Å². The maximum atomic E-state index is 2.71. The van der Waals surface area contributed by atoms with Crippen LogP contribution >= 0.6 is 0 Å². The second-order valence-electron chi connectivity index (χ2n) is 17.3. The Kier molecular flexibility index (Phi) is 5.61. The van der Waals surface area contributed by atoms with E-state index in [0.29, 0.717) is 0 Å². The third-order valence-electron chi connectivity index (χ3n) is 13.8. The van der Waals surface area contributed by atoms with Crippen LogP contribution in [0.5, 0.6) is 0 Å². The fraction of sp³-hybridized carbons (Fsp3) is 0.115. The topological polar surface area (TPSA) is 11.4 Å². The summed E-state index contributed by atoms with van der Waals surface area (Å²) in [6.07, 6.45) is 0. The molecule has 0 radical (unpaired) electrons. The van der Waals surface area contributed by atoms with Crippen LogP contribution in [0.15, 0.2) is 158 Å². The lowest BCUT2D eigenvalue weighted by molar-refractivity contribution is 0.632. The van der Waals surface area contributed by atoms with Crippen LogP contribution in [-0.4, -0.2) is 11.4 Å². The van der Waals surface area contributed by atoms with E-state index in [2.05, 4.69) is 200 Å². The van der Waals surface area contributed by atoms with Crippen molar-refractivity contribution in [1.29, 1.82) is 0 Å². The van der Waals surface area contributed by atoms with Gasteiger partial charge in [-0.3, -0.25) is 0 Å². The van der Waals surface area contributed by atoms with Crippen molar-refractivity contribution >= 4 is 78.8 Å². The number of anilines is 5. The number of rotatable bonds is 2. The number of aromatic nitrogens is 1. The Labute approximate surface area is 327 Å². The number of hydrogen-bond acceptors (Lipinski definition) is 2. The summed E-state index contributed by atoms with van der Waals surface area (Å²) in [7, 11) is 0. The van der Waals surface area contributed by atoms with Gasteiger partial charge in [0.1, 0.15) is 0 Å². The van der Waals surface area contributed by atoms with E-state index in [4.69, 9.17) is 0 Å². The van der Waals surface area contributed by atoms with Crippen molar-refractivity contribution in [2.45, 2.75) is 38.5 Å². The van der Waals surface area contributed by atoms with Crippen molar-refractivity contribution in [3.63, 3.8) is 0 Å². The molecule has 0 amide bonds. The third kappa shape index (κ3) is 3.49. The van der Waals surface area contributed by atoms with Crippen molar-refractivity contribution in [2.75, 3.05) is 9.71 Å². The molecule has 4 heteroatoms. The van der Waals surface area contributed by atoms with Gasteiger partial charge in [0.2, 0.25) is 0 Å². The molecule has 0 aliphatic carbocycles. The summed E-state index contributed by atoms with van der Waals surface area (Å²) in [5, 5.41) is 5.28. The Morgan fingerprint density at radius 1 is 0.482 bits per heavy atom. The number of benzene rings is 8. The summed E-state index contributed by atoms with van der Waals surface area (Å²) in [6, 6.07) is 59.6. The molecule has 0 bridgehead atoms. The highest BCUT2D eigenvalue weighted by atomic mass is 15.2. The summed E-state index contributed by atoms with van der Waals surface area (Å²) < 4.78 is 2.71. The average molecular weight is 716 g/mol. The molecule has 0 fully saturated rings. The fourth-order valence-electron chi connectivity index (χ4n) is 11.5. The van der Waals surface area contributed by atoms with E-state index in [0.717, 1.165) is 0 Å². The number of fused-ring (bicyclic) bond motifs is 8. The van der Waals surface area contributed by atoms with Gasteiger partial charge in [-0.1, -0.05) is 143 Å². The molecule has 264 valence electrons. The summed E-state index contributed by atoms with van der Waals surface area (Å²) in [5.41, 5.74) is 20.6. The van der Waals surface area contributed by atoms with E-state index in [9.17, 15) is 0 Å². The minimum absolute atomic E-state index is 0.0164. The van der Waals surface area contributed by atoms with Gasteiger partial charge in [-0.2, -0.15) is 0 Å². The standard InChI is InChI=1S/C52H38BN3/c1-51(2)37-22-11-14-27-42(37)54(43-28-15-12-23-38(43)51)44-30-35-34-21-10-13-26-41(34)56(32-18-6-5-7-19-32)53-40-25-16-24-39-49(40)55-48-36(45(44)50(55)47(35)53)29-31-17-8-9-20-33(31)46(48)52(39,3)4/h5-30H,1-4H3. The molecule has 9 aromatic rings. The summed E-state index contributed by atoms with van der Waals surface area (Å²) in [6.45, 7) is 9.66. The van der Waals surface area contributed by atoms with E-state index < -0.39 is 0 Å². The second kappa shape index (κ2) is 10.2. The SMILES string of the molecule is CC1(C)c2ccccc2N(c2cc3c4c5c2c2cc6ccccc6c6c2n5-c2c(cccc2C6(C)C)B4N(c2ccccc2)c2ccccc2-3)c2ccccc21. The third-order valence-corrected chi connectivity index (χ3v) is 13.8. The van der Waals surface area contributed by atoms with E-state index in [-0.39, 0.29) is 17.7 Å². The van der Waals surface area contributed by atoms with Gasteiger partial charge in [0.05, 0.1) is 28.1 Å². The van der Waals surface area contributed by atoms with Crippen molar-refractivity contribution in [1.82, 2.24) is 4.57 Å². The second-order valence-corrected chi connectivity index (χ2v) is 17.3. The van der Waals surface area contributed by atoms with Crippen LogP contribution in [0.4, 0.5) is 28.4 Å². The van der Waals surface area contributed by atoms with Gasteiger partial charge >= 0.3 is 6.85 Å². The highest BCUT2D eigenvalue weighted by Gasteiger charge is 2.49. The molecule has 0 saturated carbocycles. The highest BCUT2D eigenvalue weighted by Crippen LogP contribution is 2.58. The minimum atomic E-state index is -0.242. The van der Waals surface area contributed by atoms with Gasteiger partial charge in [0.15, 0.2) is 0 Å². The van der Waals surface area contributed by atoms with Crippen LogP contribution in [0.3, 0.4) is 0 Å². The molecule has 0 N–H and O–H groups in total. The van der Waals surface area contributed by atoms with E-state index in [1.807, 2.05) is 0 Å². The number of hydrogen-bond donors (Lipinski definition) is 0. The van der Waals surface area contributed by atoms with Crippen LogP contribution in [0.2, 0.25) is 0 Å². The minimum Gasteiger partial charge on any atom is -0.376 e. The molecule has 0 atom stereocenters. The first kappa shape index (κ1) is 30.8. The highest BCUT2D eigenvalue weighted by molar-refractivity contribution is 6.94. The zero-order valence-corrected chi connectivity index (χ0v) is 31.9. The molecule has 0 unspecified atom stereocenters. The zero-order valence-electron chi connectivity index (χ0n) is 31.9. The van der Waals surface area contributed by atoms with Gasteiger partial charge in [0.25, 0.3) is 0 Å². The lowest BCUT2D eigenvalue weighted by Crippen LogP contribution is -2.61. The molecular formula is C52H38BN3. The Morgan fingerprint density at radius 2 is 1.12 bits per heavy atom. The Bertz CT molecular complexity index is 3170. The molecule has 13 rings (SSSR count). The first-order valence-electron chi connectivity index (χ1n) is 20.0. The molecule has 56 heavy (non-hydrogen) atoms. The molecule has 1 aromatic heterocycles. The Balaban J connectivity index is 1.30. The quantitative estimate of drug-likeness (QED) is 0.165. The van der Waals surface area contributed by atoms with Crippen LogP contribution in [0, 0.1) is 0 Å². The van der Waals surface area contributed by atoms with E-state index >= 15 is 0 Å². The van der Waals surface area contributed by atoms with Gasteiger partial charge in [-0.15, -0.1) is 0 Å². The van der Waals surface area contributed by atoms with E-state index in [1.165, 1.54) is 111 Å². The predicted octanol–water partition coefficient (Wildman–Crippen LogP) is 11.9. The summed E-state index contributed by atoms with van der Waals surface area (Å²) in [4.78, 5) is 5.23. The molecule has 8 aromatic carbocycles.